The predicted molar refractivity (Wildman–Crippen MR) is 155 cm³/mol. The number of hydrogen-bond donors (Lipinski definition) is 3. The molecule has 0 heterocycles. The number of hydrogen-bond acceptors (Lipinski definition) is 5. The standard InChI is InChI=1S/C30H42ClN3O5/c1-18(2)16-24(32-29(38)39-30(6,7)8)28(37)34(14-15-35)26(22-13-12-19(3)21(5)17-22)27(36)33-25-20(4)10-9-11-23(25)31/h9-13,17-18,24,26,35H,14-16H2,1-8H3,(H,32,38)(H,33,36). The average molecular weight is 560 g/mol. The summed E-state index contributed by atoms with van der Waals surface area (Å²) in [7, 11) is 0. The number of aryl methyl sites for hydroxylation is 3. The molecule has 8 nitrogen and oxygen atoms in total. The Labute approximate surface area is 237 Å². The van der Waals surface area contributed by atoms with Crippen LogP contribution in [-0.2, 0) is 14.3 Å². The van der Waals surface area contributed by atoms with Crippen molar-refractivity contribution >= 4 is 35.2 Å². The lowest BCUT2D eigenvalue weighted by atomic mass is 9.96. The Balaban J connectivity index is 2.58. The van der Waals surface area contributed by atoms with Gasteiger partial charge in [0.25, 0.3) is 5.91 Å². The Morgan fingerprint density at radius 1 is 1.03 bits per heavy atom. The lowest BCUT2D eigenvalue weighted by Gasteiger charge is -2.35. The zero-order valence-electron chi connectivity index (χ0n) is 24.2. The van der Waals surface area contributed by atoms with Gasteiger partial charge < -0.3 is 25.4 Å². The monoisotopic (exact) mass is 559 g/mol. The summed E-state index contributed by atoms with van der Waals surface area (Å²) in [4.78, 5) is 42.0. The summed E-state index contributed by atoms with van der Waals surface area (Å²) >= 11 is 6.39. The molecular weight excluding hydrogens is 518 g/mol. The highest BCUT2D eigenvalue weighted by molar-refractivity contribution is 6.34. The van der Waals surface area contributed by atoms with E-state index in [9.17, 15) is 19.5 Å². The van der Waals surface area contributed by atoms with E-state index < -0.39 is 35.6 Å². The van der Waals surface area contributed by atoms with Gasteiger partial charge in [-0.05, 0) is 82.2 Å². The van der Waals surface area contributed by atoms with Crippen LogP contribution < -0.4 is 10.6 Å². The first-order valence-corrected chi connectivity index (χ1v) is 13.6. The van der Waals surface area contributed by atoms with Gasteiger partial charge in [-0.15, -0.1) is 0 Å². The van der Waals surface area contributed by atoms with Crippen molar-refractivity contribution in [1.29, 1.82) is 0 Å². The molecule has 0 aromatic heterocycles. The van der Waals surface area contributed by atoms with Crippen LogP contribution >= 0.6 is 11.6 Å². The van der Waals surface area contributed by atoms with Gasteiger partial charge in [-0.2, -0.15) is 0 Å². The molecule has 39 heavy (non-hydrogen) atoms. The second-order valence-electron chi connectivity index (χ2n) is 11.3. The molecule has 3 N–H and O–H groups in total. The lowest BCUT2D eigenvalue weighted by Crippen LogP contribution is -2.53. The number of aliphatic hydroxyl groups is 1. The molecule has 2 atom stereocenters. The normalized spacial score (nSPS) is 13.0. The van der Waals surface area contributed by atoms with E-state index in [2.05, 4.69) is 10.6 Å². The van der Waals surface area contributed by atoms with E-state index in [1.807, 2.05) is 52.8 Å². The molecule has 0 bridgehead atoms. The van der Waals surface area contributed by atoms with Crippen molar-refractivity contribution in [2.75, 3.05) is 18.5 Å². The smallest absolute Gasteiger partial charge is 0.408 e. The molecule has 9 heteroatoms. The van der Waals surface area contributed by atoms with Crippen LogP contribution in [-0.4, -0.2) is 52.7 Å². The number of halogens is 1. The topological polar surface area (TPSA) is 108 Å². The zero-order valence-corrected chi connectivity index (χ0v) is 25.0. The van der Waals surface area contributed by atoms with Crippen LogP contribution in [0.2, 0.25) is 5.02 Å². The van der Waals surface area contributed by atoms with Crippen LogP contribution in [0.3, 0.4) is 0 Å². The Kier molecular flexibility index (Phi) is 11.4. The predicted octanol–water partition coefficient (Wildman–Crippen LogP) is 5.71. The molecule has 0 aliphatic carbocycles. The number of para-hydroxylation sites is 1. The van der Waals surface area contributed by atoms with Crippen molar-refractivity contribution in [3.63, 3.8) is 0 Å². The van der Waals surface area contributed by atoms with E-state index in [1.165, 1.54) is 4.90 Å². The van der Waals surface area contributed by atoms with Crippen molar-refractivity contribution in [2.45, 2.75) is 79.5 Å². The number of benzene rings is 2. The van der Waals surface area contributed by atoms with Gasteiger partial charge in [-0.3, -0.25) is 9.59 Å². The molecular formula is C30H42ClN3O5. The van der Waals surface area contributed by atoms with E-state index in [4.69, 9.17) is 16.3 Å². The minimum absolute atomic E-state index is 0.0459. The summed E-state index contributed by atoms with van der Waals surface area (Å²) in [6, 6.07) is 8.75. The third-order valence-electron chi connectivity index (χ3n) is 6.20. The van der Waals surface area contributed by atoms with Gasteiger partial charge in [0.05, 0.1) is 17.3 Å². The Morgan fingerprint density at radius 2 is 1.69 bits per heavy atom. The zero-order chi connectivity index (χ0) is 29.5. The minimum Gasteiger partial charge on any atom is -0.444 e. The quantitative estimate of drug-likeness (QED) is 0.346. The number of alkyl carbamates (subject to hydrolysis) is 1. The van der Waals surface area contributed by atoms with Crippen LogP contribution in [0.1, 0.15) is 69.3 Å². The number of carbonyl (C=O) groups is 3. The summed E-state index contributed by atoms with van der Waals surface area (Å²) in [5.41, 5.74) is 3.00. The van der Waals surface area contributed by atoms with E-state index in [0.29, 0.717) is 22.7 Å². The maximum Gasteiger partial charge on any atom is 0.408 e. The molecule has 3 amide bonds. The molecule has 0 radical (unpaired) electrons. The maximum atomic E-state index is 14.1. The van der Waals surface area contributed by atoms with Gasteiger partial charge in [0.1, 0.15) is 17.7 Å². The number of carbonyl (C=O) groups excluding carboxylic acids is 3. The summed E-state index contributed by atoms with van der Waals surface area (Å²) < 4.78 is 5.40. The number of rotatable bonds is 10. The van der Waals surface area contributed by atoms with Gasteiger partial charge in [-0.1, -0.05) is 55.8 Å². The third kappa shape index (κ3) is 9.25. The minimum atomic E-state index is -1.10. The van der Waals surface area contributed by atoms with Crippen molar-refractivity contribution < 1.29 is 24.2 Å². The molecule has 2 rings (SSSR count). The van der Waals surface area contributed by atoms with Crippen molar-refractivity contribution in [1.82, 2.24) is 10.2 Å². The largest absolute Gasteiger partial charge is 0.444 e. The van der Waals surface area contributed by atoms with E-state index in [0.717, 1.165) is 16.7 Å². The lowest BCUT2D eigenvalue weighted by molar-refractivity contribution is -0.141. The van der Waals surface area contributed by atoms with E-state index >= 15 is 0 Å². The second kappa shape index (κ2) is 13.8. The number of aliphatic hydroxyl groups excluding tert-OH is 1. The Hall–Kier alpha value is -3.10. The van der Waals surface area contributed by atoms with Gasteiger partial charge >= 0.3 is 6.09 Å². The molecule has 0 saturated carbocycles. The van der Waals surface area contributed by atoms with Gasteiger partial charge in [0.2, 0.25) is 5.91 Å². The van der Waals surface area contributed by atoms with Gasteiger partial charge in [0, 0.05) is 6.54 Å². The first-order chi connectivity index (χ1) is 18.1. The van der Waals surface area contributed by atoms with Crippen LogP contribution in [0.15, 0.2) is 36.4 Å². The van der Waals surface area contributed by atoms with Gasteiger partial charge in [0.15, 0.2) is 0 Å². The Morgan fingerprint density at radius 3 is 2.23 bits per heavy atom. The SMILES string of the molecule is Cc1ccc(C(C(=O)Nc2c(C)cccc2Cl)N(CCO)C(=O)C(CC(C)C)NC(=O)OC(C)(C)C)cc1C. The van der Waals surface area contributed by atoms with E-state index in [-0.39, 0.29) is 19.1 Å². The molecule has 214 valence electrons. The molecule has 0 fully saturated rings. The van der Waals surface area contributed by atoms with Crippen LogP contribution in [0, 0.1) is 26.7 Å². The number of amides is 3. The highest BCUT2D eigenvalue weighted by Crippen LogP contribution is 2.30. The molecule has 2 aromatic carbocycles. The molecule has 2 unspecified atom stereocenters. The molecule has 0 spiro atoms. The molecule has 0 aliphatic rings. The van der Waals surface area contributed by atoms with Crippen molar-refractivity contribution in [3.8, 4) is 0 Å². The fourth-order valence-electron chi connectivity index (χ4n) is 4.21. The van der Waals surface area contributed by atoms with E-state index in [1.54, 1.807) is 39.0 Å². The highest BCUT2D eigenvalue weighted by Gasteiger charge is 2.37. The molecule has 0 aliphatic heterocycles. The fourth-order valence-corrected chi connectivity index (χ4v) is 4.48. The fraction of sp³-hybridized carbons (Fsp3) is 0.500. The third-order valence-corrected chi connectivity index (χ3v) is 6.51. The average Bonchev–Trinajstić information content (AvgIpc) is 2.81. The van der Waals surface area contributed by atoms with Gasteiger partial charge in [-0.25, -0.2) is 4.79 Å². The van der Waals surface area contributed by atoms with Crippen molar-refractivity contribution in [2.24, 2.45) is 5.92 Å². The Bertz CT molecular complexity index is 1160. The first kappa shape index (κ1) is 32.1. The van der Waals surface area contributed by atoms with Crippen LogP contribution in [0.5, 0.6) is 0 Å². The van der Waals surface area contributed by atoms with Crippen LogP contribution in [0.4, 0.5) is 10.5 Å². The number of nitrogens with zero attached hydrogens (tertiary/aromatic N) is 1. The molecule has 0 saturated heterocycles. The molecule has 2 aromatic rings. The summed E-state index contributed by atoms with van der Waals surface area (Å²) in [6.45, 7) is 14.3. The second-order valence-corrected chi connectivity index (χ2v) is 11.7. The van der Waals surface area contributed by atoms with Crippen LogP contribution in [0.25, 0.3) is 0 Å². The number of ether oxygens (including phenoxy) is 1. The van der Waals surface area contributed by atoms with Crippen molar-refractivity contribution in [3.05, 3.63) is 63.7 Å². The summed E-state index contributed by atoms with van der Waals surface area (Å²) in [5.74, 6) is -0.945. The highest BCUT2D eigenvalue weighted by atomic mass is 35.5. The summed E-state index contributed by atoms with van der Waals surface area (Å²) in [5, 5.41) is 15.9. The number of nitrogens with one attached hydrogen (secondary N) is 2. The first-order valence-electron chi connectivity index (χ1n) is 13.2. The maximum absolute atomic E-state index is 14.1. The summed E-state index contributed by atoms with van der Waals surface area (Å²) in [6.07, 6.45) is -0.422. The number of anilines is 1.